The number of hydrogen-bond acceptors (Lipinski definition) is 2. The molecule has 0 aromatic rings. The molecule has 4 nitrogen and oxygen atoms in total. The van der Waals surface area contributed by atoms with E-state index in [1.807, 2.05) is 0 Å². The molecule has 1 aliphatic rings. The van der Waals surface area contributed by atoms with E-state index in [-0.39, 0.29) is 12.6 Å². The zero-order chi connectivity index (χ0) is 12.7. The summed E-state index contributed by atoms with van der Waals surface area (Å²) in [5.74, 6) is 1.23. The molecule has 2 atom stereocenters. The minimum atomic E-state index is -0.0870. The van der Waals surface area contributed by atoms with Gasteiger partial charge in [-0.15, -0.1) is 0 Å². The second-order valence-electron chi connectivity index (χ2n) is 5.28. The molecule has 2 amide bonds. The molecule has 0 aromatic heterocycles. The molecule has 0 heterocycles. The van der Waals surface area contributed by atoms with Crippen LogP contribution in [0.2, 0.25) is 0 Å². The maximum atomic E-state index is 11.7. The Hall–Kier alpha value is -0.770. The lowest BCUT2D eigenvalue weighted by atomic mass is 9.78. The van der Waals surface area contributed by atoms with Crippen molar-refractivity contribution < 1.29 is 9.90 Å². The molecule has 100 valence electrons. The van der Waals surface area contributed by atoms with Crippen LogP contribution in [0.3, 0.4) is 0 Å². The Morgan fingerprint density at radius 3 is 2.71 bits per heavy atom. The van der Waals surface area contributed by atoms with Gasteiger partial charge in [0.05, 0.1) is 0 Å². The Bertz CT molecular complexity index is 231. The Labute approximate surface area is 104 Å². The van der Waals surface area contributed by atoms with Crippen molar-refractivity contribution in [1.82, 2.24) is 10.6 Å². The summed E-state index contributed by atoms with van der Waals surface area (Å²) < 4.78 is 0. The first-order valence-electron chi connectivity index (χ1n) is 6.80. The molecule has 1 fully saturated rings. The second kappa shape index (κ2) is 7.54. The molecule has 0 aromatic carbocycles. The summed E-state index contributed by atoms with van der Waals surface area (Å²) >= 11 is 0. The Balaban J connectivity index is 2.34. The normalized spacial score (nSPS) is 24.7. The van der Waals surface area contributed by atoms with Crippen molar-refractivity contribution in [3.05, 3.63) is 0 Å². The van der Waals surface area contributed by atoms with Gasteiger partial charge in [0.25, 0.3) is 0 Å². The highest BCUT2D eigenvalue weighted by Gasteiger charge is 2.28. The number of hydrogen-bond donors (Lipinski definition) is 3. The van der Waals surface area contributed by atoms with Crippen LogP contribution in [0.1, 0.15) is 46.0 Å². The molecule has 0 radical (unpaired) electrons. The molecule has 0 aliphatic heterocycles. The van der Waals surface area contributed by atoms with Gasteiger partial charge >= 0.3 is 6.03 Å². The van der Waals surface area contributed by atoms with Gasteiger partial charge in [0.2, 0.25) is 0 Å². The third kappa shape index (κ3) is 4.94. The van der Waals surface area contributed by atoms with Crippen LogP contribution >= 0.6 is 0 Å². The molecule has 3 N–H and O–H groups in total. The molecule has 0 bridgehead atoms. The van der Waals surface area contributed by atoms with Crippen molar-refractivity contribution >= 4 is 6.03 Å². The fraction of sp³-hybridized carbons (Fsp3) is 0.923. The van der Waals surface area contributed by atoms with E-state index in [4.69, 9.17) is 5.11 Å². The van der Waals surface area contributed by atoms with Crippen molar-refractivity contribution in [2.45, 2.75) is 52.0 Å². The summed E-state index contributed by atoms with van der Waals surface area (Å²) in [5.41, 5.74) is 0. The largest absolute Gasteiger partial charge is 0.396 e. The number of urea groups is 1. The van der Waals surface area contributed by atoms with Gasteiger partial charge < -0.3 is 15.7 Å². The van der Waals surface area contributed by atoms with Crippen LogP contribution in [0, 0.1) is 11.8 Å². The molecule has 0 saturated heterocycles. The smallest absolute Gasteiger partial charge is 0.315 e. The molecule has 1 rings (SSSR count). The van der Waals surface area contributed by atoms with E-state index in [1.54, 1.807) is 0 Å². The summed E-state index contributed by atoms with van der Waals surface area (Å²) in [6, 6.07) is 0.230. The summed E-state index contributed by atoms with van der Waals surface area (Å²) in [4.78, 5) is 11.7. The maximum Gasteiger partial charge on any atom is 0.315 e. The summed E-state index contributed by atoms with van der Waals surface area (Å²) in [7, 11) is 0. The van der Waals surface area contributed by atoms with Crippen LogP contribution in [0.4, 0.5) is 4.79 Å². The van der Waals surface area contributed by atoms with E-state index in [2.05, 4.69) is 24.5 Å². The predicted octanol–water partition coefficient (Wildman–Crippen LogP) is 1.88. The van der Waals surface area contributed by atoms with Gasteiger partial charge in [0.1, 0.15) is 0 Å². The van der Waals surface area contributed by atoms with Crippen molar-refractivity contribution in [3.63, 3.8) is 0 Å². The lowest BCUT2D eigenvalue weighted by Crippen LogP contribution is -2.48. The fourth-order valence-corrected chi connectivity index (χ4v) is 2.64. The van der Waals surface area contributed by atoms with E-state index >= 15 is 0 Å². The van der Waals surface area contributed by atoms with Gasteiger partial charge in [0.15, 0.2) is 0 Å². The molecule has 17 heavy (non-hydrogen) atoms. The average molecular weight is 242 g/mol. The third-order valence-corrected chi connectivity index (χ3v) is 3.61. The zero-order valence-corrected chi connectivity index (χ0v) is 11.0. The van der Waals surface area contributed by atoms with Crippen LogP contribution in [0.5, 0.6) is 0 Å². The van der Waals surface area contributed by atoms with Crippen molar-refractivity contribution in [3.8, 4) is 0 Å². The molecule has 0 spiro atoms. The summed E-state index contributed by atoms with van der Waals surface area (Å²) in [6.07, 6.45) is 5.43. The maximum absolute atomic E-state index is 11.7. The SMILES string of the molecule is CC(C)[C@H]1CCCC[C@H]1NC(=O)NCCCO. The van der Waals surface area contributed by atoms with E-state index in [1.165, 1.54) is 19.3 Å². The second-order valence-corrected chi connectivity index (χ2v) is 5.28. The van der Waals surface area contributed by atoms with Gasteiger partial charge in [-0.25, -0.2) is 4.79 Å². The highest BCUT2D eigenvalue weighted by atomic mass is 16.3. The number of aliphatic hydroxyl groups excluding tert-OH is 1. The van der Waals surface area contributed by atoms with Gasteiger partial charge in [0, 0.05) is 19.2 Å². The van der Waals surface area contributed by atoms with Gasteiger partial charge in [-0.05, 0) is 31.1 Å². The van der Waals surface area contributed by atoms with E-state index in [0.29, 0.717) is 30.8 Å². The number of carbonyl (C=O) groups excluding carboxylic acids is 1. The van der Waals surface area contributed by atoms with Crippen molar-refractivity contribution in [2.24, 2.45) is 11.8 Å². The zero-order valence-electron chi connectivity index (χ0n) is 11.0. The first kappa shape index (κ1) is 14.3. The average Bonchev–Trinajstić information content (AvgIpc) is 2.29. The summed E-state index contributed by atoms with van der Waals surface area (Å²) in [6.45, 7) is 5.13. The number of nitrogens with one attached hydrogen (secondary N) is 2. The first-order valence-corrected chi connectivity index (χ1v) is 6.80. The highest BCUT2D eigenvalue weighted by molar-refractivity contribution is 5.74. The number of aliphatic hydroxyl groups is 1. The van der Waals surface area contributed by atoms with Crippen molar-refractivity contribution in [1.29, 1.82) is 0 Å². The van der Waals surface area contributed by atoms with E-state index in [9.17, 15) is 4.79 Å². The number of carbonyl (C=O) groups is 1. The quantitative estimate of drug-likeness (QED) is 0.645. The monoisotopic (exact) mass is 242 g/mol. The highest BCUT2D eigenvalue weighted by Crippen LogP contribution is 2.29. The molecule has 4 heteroatoms. The van der Waals surface area contributed by atoms with Gasteiger partial charge in [-0.2, -0.15) is 0 Å². The lowest BCUT2D eigenvalue weighted by Gasteiger charge is -2.34. The van der Waals surface area contributed by atoms with Crippen LogP contribution in [0.25, 0.3) is 0 Å². The standard InChI is InChI=1S/C13H26N2O2/c1-10(2)11-6-3-4-7-12(11)15-13(17)14-8-5-9-16/h10-12,16H,3-9H2,1-2H3,(H2,14,15,17)/t11-,12-/m1/s1. The number of rotatable bonds is 5. The lowest BCUT2D eigenvalue weighted by molar-refractivity contribution is 0.193. The molecule has 1 aliphatic carbocycles. The number of amides is 2. The predicted molar refractivity (Wildman–Crippen MR) is 68.8 cm³/mol. The molecular formula is C13H26N2O2. The Morgan fingerprint density at radius 2 is 2.06 bits per heavy atom. The minimum absolute atomic E-state index is 0.0870. The Kier molecular flexibility index (Phi) is 6.34. The molecule has 1 saturated carbocycles. The van der Waals surface area contributed by atoms with Crippen LogP contribution < -0.4 is 10.6 Å². The third-order valence-electron chi connectivity index (χ3n) is 3.61. The fourth-order valence-electron chi connectivity index (χ4n) is 2.64. The van der Waals surface area contributed by atoms with Crippen LogP contribution in [-0.2, 0) is 0 Å². The van der Waals surface area contributed by atoms with E-state index in [0.717, 1.165) is 6.42 Å². The summed E-state index contributed by atoms with van der Waals surface area (Å²) in [5, 5.41) is 14.5. The first-order chi connectivity index (χ1) is 8.15. The van der Waals surface area contributed by atoms with Crippen molar-refractivity contribution in [2.75, 3.05) is 13.2 Å². The topological polar surface area (TPSA) is 61.4 Å². The molecular weight excluding hydrogens is 216 g/mol. The Morgan fingerprint density at radius 1 is 1.35 bits per heavy atom. The van der Waals surface area contributed by atoms with Crippen LogP contribution in [-0.4, -0.2) is 30.3 Å². The molecule has 0 unspecified atom stereocenters. The van der Waals surface area contributed by atoms with E-state index < -0.39 is 0 Å². The minimum Gasteiger partial charge on any atom is -0.396 e. The van der Waals surface area contributed by atoms with Gasteiger partial charge in [-0.3, -0.25) is 0 Å². The van der Waals surface area contributed by atoms with Gasteiger partial charge in [-0.1, -0.05) is 26.7 Å². The van der Waals surface area contributed by atoms with Crippen LogP contribution in [0.15, 0.2) is 0 Å².